The lowest BCUT2D eigenvalue weighted by Crippen LogP contribution is -2.41. The number of aromatic nitrogens is 1. The lowest BCUT2D eigenvalue weighted by molar-refractivity contribution is 0.0927. The number of carbonyl (C=O) groups excluding carboxylic acids is 1. The first-order valence-corrected chi connectivity index (χ1v) is 6.25. The highest BCUT2D eigenvalue weighted by atomic mass is 32.2. The predicted octanol–water partition coefficient (Wildman–Crippen LogP) is 0.825. The molecular formula is C10H16N2O3S. The average Bonchev–Trinajstić information content (AvgIpc) is 2.66. The van der Waals surface area contributed by atoms with E-state index in [-0.39, 0.29) is 29.5 Å². The summed E-state index contributed by atoms with van der Waals surface area (Å²) in [5.41, 5.74) is 0.266. The van der Waals surface area contributed by atoms with E-state index in [1.54, 1.807) is 13.0 Å². The quantitative estimate of drug-likeness (QED) is 0.802. The monoisotopic (exact) mass is 244 g/mol. The first-order valence-electron chi connectivity index (χ1n) is 4.96. The SMILES string of the molecule is CS[C@H](CO)[C@@H](C)NC(=O)c1cc(C)on1. The molecule has 0 aliphatic heterocycles. The van der Waals surface area contributed by atoms with E-state index in [1.165, 1.54) is 11.8 Å². The van der Waals surface area contributed by atoms with Gasteiger partial charge < -0.3 is 14.9 Å². The molecule has 1 aromatic rings. The van der Waals surface area contributed by atoms with Crippen molar-refractivity contribution in [1.29, 1.82) is 0 Å². The molecule has 0 saturated heterocycles. The molecule has 1 amide bonds. The normalized spacial score (nSPS) is 14.5. The van der Waals surface area contributed by atoms with Crippen molar-refractivity contribution in [3.05, 3.63) is 17.5 Å². The summed E-state index contributed by atoms with van der Waals surface area (Å²) in [6, 6.07) is 1.46. The summed E-state index contributed by atoms with van der Waals surface area (Å²) in [5.74, 6) is 0.318. The van der Waals surface area contributed by atoms with Crippen LogP contribution in [0.15, 0.2) is 10.6 Å². The van der Waals surface area contributed by atoms with E-state index < -0.39 is 0 Å². The second-order valence-corrected chi connectivity index (χ2v) is 4.62. The largest absolute Gasteiger partial charge is 0.395 e. The van der Waals surface area contributed by atoms with Gasteiger partial charge in [0.25, 0.3) is 5.91 Å². The molecule has 5 nitrogen and oxygen atoms in total. The maximum Gasteiger partial charge on any atom is 0.273 e. The molecule has 0 aliphatic rings. The molecule has 0 aromatic carbocycles. The summed E-state index contributed by atoms with van der Waals surface area (Å²) in [5, 5.41) is 15.5. The minimum Gasteiger partial charge on any atom is -0.395 e. The Morgan fingerprint density at radius 1 is 1.75 bits per heavy atom. The molecule has 2 atom stereocenters. The molecule has 16 heavy (non-hydrogen) atoms. The number of aliphatic hydroxyl groups is 1. The zero-order valence-corrected chi connectivity index (χ0v) is 10.4. The van der Waals surface area contributed by atoms with Crippen molar-refractivity contribution in [1.82, 2.24) is 10.5 Å². The van der Waals surface area contributed by atoms with Crippen LogP contribution in [-0.4, -0.2) is 40.3 Å². The van der Waals surface area contributed by atoms with Gasteiger partial charge in [-0.25, -0.2) is 0 Å². The Kier molecular flexibility index (Phi) is 4.82. The van der Waals surface area contributed by atoms with Gasteiger partial charge in [-0.2, -0.15) is 11.8 Å². The first-order chi connectivity index (χ1) is 7.58. The number of nitrogens with one attached hydrogen (secondary N) is 1. The minimum atomic E-state index is -0.281. The van der Waals surface area contributed by atoms with E-state index in [0.29, 0.717) is 5.76 Å². The van der Waals surface area contributed by atoms with E-state index in [4.69, 9.17) is 9.63 Å². The van der Waals surface area contributed by atoms with Gasteiger partial charge in [0.2, 0.25) is 0 Å². The number of aliphatic hydroxyl groups excluding tert-OH is 1. The predicted molar refractivity (Wildman–Crippen MR) is 62.6 cm³/mol. The van der Waals surface area contributed by atoms with Gasteiger partial charge in [-0.1, -0.05) is 5.16 Å². The Morgan fingerprint density at radius 2 is 2.44 bits per heavy atom. The third kappa shape index (κ3) is 3.24. The zero-order valence-electron chi connectivity index (χ0n) is 9.56. The van der Waals surface area contributed by atoms with Crippen molar-refractivity contribution in [3.8, 4) is 0 Å². The Bertz CT molecular complexity index is 350. The number of aryl methyl sites for hydroxylation is 1. The maximum absolute atomic E-state index is 11.7. The van der Waals surface area contributed by atoms with Crippen LogP contribution in [0.4, 0.5) is 0 Å². The molecule has 6 heteroatoms. The maximum atomic E-state index is 11.7. The molecule has 1 aromatic heterocycles. The number of hydrogen-bond acceptors (Lipinski definition) is 5. The van der Waals surface area contributed by atoms with Gasteiger partial charge in [0.15, 0.2) is 5.69 Å². The molecule has 0 radical (unpaired) electrons. The van der Waals surface area contributed by atoms with Crippen molar-refractivity contribution >= 4 is 17.7 Å². The molecule has 0 saturated carbocycles. The van der Waals surface area contributed by atoms with Crippen LogP contribution in [0.5, 0.6) is 0 Å². The summed E-state index contributed by atoms with van der Waals surface area (Å²) in [4.78, 5) is 11.7. The fourth-order valence-electron chi connectivity index (χ4n) is 1.28. The van der Waals surface area contributed by atoms with Crippen LogP contribution in [0, 0.1) is 6.92 Å². The molecule has 0 unspecified atom stereocenters. The minimum absolute atomic E-state index is 0.0167. The number of thioether (sulfide) groups is 1. The smallest absolute Gasteiger partial charge is 0.273 e. The third-order valence-corrected chi connectivity index (χ3v) is 3.42. The van der Waals surface area contributed by atoms with Crippen LogP contribution < -0.4 is 5.32 Å². The second-order valence-electron chi connectivity index (χ2n) is 3.54. The fourth-order valence-corrected chi connectivity index (χ4v) is 1.91. The van der Waals surface area contributed by atoms with E-state index in [1.807, 2.05) is 13.2 Å². The van der Waals surface area contributed by atoms with Gasteiger partial charge in [-0.05, 0) is 20.1 Å². The molecule has 0 aliphatic carbocycles. The lowest BCUT2D eigenvalue weighted by Gasteiger charge is -2.20. The summed E-state index contributed by atoms with van der Waals surface area (Å²) < 4.78 is 4.81. The fraction of sp³-hybridized carbons (Fsp3) is 0.600. The van der Waals surface area contributed by atoms with Crippen LogP contribution >= 0.6 is 11.8 Å². The Labute approximate surface area is 98.6 Å². The number of hydrogen-bond donors (Lipinski definition) is 2. The molecule has 0 fully saturated rings. The number of carbonyl (C=O) groups is 1. The average molecular weight is 244 g/mol. The summed E-state index contributed by atoms with van der Waals surface area (Å²) >= 11 is 1.51. The molecule has 0 spiro atoms. The van der Waals surface area contributed by atoms with Gasteiger partial charge in [0.05, 0.1) is 6.61 Å². The van der Waals surface area contributed by atoms with Gasteiger partial charge in [-0.15, -0.1) is 0 Å². The van der Waals surface area contributed by atoms with E-state index in [2.05, 4.69) is 10.5 Å². The van der Waals surface area contributed by atoms with Gasteiger partial charge in [0, 0.05) is 17.4 Å². The van der Waals surface area contributed by atoms with Gasteiger partial charge in [0.1, 0.15) is 5.76 Å². The highest BCUT2D eigenvalue weighted by Crippen LogP contribution is 2.11. The van der Waals surface area contributed by atoms with Crippen LogP contribution in [0.1, 0.15) is 23.2 Å². The zero-order chi connectivity index (χ0) is 12.1. The Hall–Kier alpha value is -1.01. The van der Waals surface area contributed by atoms with Crippen molar-refractivity contribution < 1.29 is 14.4 Å². The number of nitrogens with zero attached hydrogens (tertiary/aromatic N) is 1. The van der Waals surface area contributed by atoms with Gasteiger partial charge >= 0.3 is 0 Å². The van der Waals surface area contributed by atoms with E-state index in [0.717, 1.165) is 0 Å². The van der Waals surface area contributed by atoms with Gasteiger partial charge in [-0.3, -0.25) is 4.79 Å². The molecular weight excluding hydrogens is 228 g/mol. The topological polar surface area (TPSA) is 75.4 Å². The van der Waals surface area contributed by atoms with Crippen molar-refractivity contribution in [2.24, 2.45) is 0 Å². The first kappa shape index (κ1) is 13.1. The number of amides is 1. The van der Waals surface area contributed by atoms with E-state index in [9.17, 15) is 4.79 Å². The highest BCUT2D eigenvalue weighted by Gasteiger charge is 2.19. The molecule has 90 valence electrons. The Balaban J connectivity index is 2.57. The van der Waals surface area contributed by atoms with Crippen LogP contribution in [0.3, 0.4) is 0 Å². The summed E-state index contributed by atoms with van der Waals surface area (Å²) in [6.07, 6.45) is 1.89. The van der Waals surface area contributed by atoms with E-state index >= 15 is 0 Å². The number of rotatable bonds is 5. The van der Waals surface area contributed by atoms with Crippen LogP contribution in [0.2, 0.25) is 0 Å². The van der Waals surface area contributed by atoms with Crippen LogP contribution in [0.25, 0.3) is 0 Å². The third-order valence-electron chi connectivity index (χ3n) is 2.26. The standard InChI is InChI=1S/C10H16N2O3S/c1-6-4-8(12-15-6)10(14)11-7(2)9(5-13)16-3/h4,7,9,13H,5H2,1-3H3,(H,11,14)/t7-,9-/m1/s1. The lowest BCUT2D eigenvalue weighted by atomic mass is 10.2. The summed E-state index contributed by atoms with van der Waals surface area (Å²) in [7, 11) is 0. The molecule has 1 rings (SSSR count). The molecule has 1 heterocycles. The summed E-state index contributed by atoms with van der Waals surface area (Å²) in [6.45, 7) is 3.61. The second kappa shape index (κ2) is 5.91. The van der Waals surface area contributed by atoms with Crippen molar-refractivity contribution in [2.75, 3.05) is 12.9 Å². The van der Waals surface area contributed by atoms with Crippen molar-refractivity contribution in [3.63, 3.8) is 0 Å². The highest BCUT2D eigenvalue weighted by molar-refractivity contribution is 7.99. The molecule has 0 bridgehead atoms. The van der Waals surface area contributed by atoms with Crippen molar-refractivity contribution in [2.45, 2.75) is 25.1 Å². The Morgan fingerprint density at radius 3 is 2.88 bits per heavy atom. The molecule has 2 N–H and O–H groups in total. The van der Waals surface area contributed by atoms with Crippen LogP contribution in [-0.2, 0) is 0 Å².